The number of rotatable bonds is 39. The maximum atomic E-state index is 12.4. The Morgan fingerprint density at radius 1 is 0.446 bits per heavy atom. The number of hydrogen-bond acceptors (Lipinski definition) is 3. The van der Waals surface area contributed by atoms with E-state index in [1.165, 1.54) is 57.8 Å². The Kier molecular flexibility index (Phi) is 43.5. The molecule has 0 spiro atoms. The van der Waals surface area contributed by atoms with Gasteiger partial charge in [0, 0.05) is 6.42 Å². The van der Waals surface area contributed by atoms with Crippen LogP contribution in [-0.4, -0.2) is 34.9 Å². The lowest BCUT2D eigenvalue weighted by Gasteiger charge is -2.19. The maximum Gasteiger partial charge on any atom is 0.220 e. The van der Waals surface area contributed by atoms with Crippen LogP contribution in [0.1, 0.15) is 181 Å². The van der Waals surface area contributed by atoms with Crippen LogP contribution in [0.4, 0.5) is 0 Å². The van der Waals surface area contributed by atoms with Gasteiger partial charge < -0.3 is 15.5 Å². The SMILES string of the molecule is CC/C=C\C/C=C\C/C=C\C/C=C\C/C=C\C/C=C\C/C=C\C/C=C\CCCCCCC(=O)NC(CO)C(O)/C=C/CC/C=C/CCCCCCCCCCC. The summed E-state index contributed by atoms with van der Waals surface area (Å²) in [5, 5.41) is 23.0. The Labute approximate surface area is 346 Å². The number of hydrogen-bond donors (Lipinski definition) is 3. The van der Waals surface area contributed by atoms with Crippen molar-refractivity contribution in [1.82, 2.24) is 5.32 Å². The number of carbonyl (C=O) groups excluding carboxylic acids is 1. The summed E-state index contributed by atoms with van der Waals surface area (Å²) in [6.45, 7) is 4.15. The molecule has 0 aromatic carbocycles. The average Bonchev–Trinajstić information content (AvgIpc) is 3.20. The Bertz CT molecular complexity index is 1150. The zero-order valence-corrected chi connectivity index (χ0v) is 36.1. The molecule has 0 aromatic rings. The predicted octanol–water partition coefficient (Wildman–Crippen LogP) is 14.6. The van der Waals surface area contributed by atoms with Gasteiger partial charge in [-0.3, -0.25) is 4.79 Å². The van der Waals surface area contributed by atoms with Crippen LogP contribution in [0.5, 0.6) is 0 Å². The van der Waals surface area contributed by atoms with Gasteiger partial charge in [0.1, 0.15) is 0 Å². The van der Waals surface area contributed by atoms with E-state index in [4.69, 9.17) is 0 Å². The molecule has 316 valence electrons. The smallest absolute Gasteiger partial charge is 0.220 e. The Balaban J connectivity index is 3.75. The lowest BCUT2D eigenvalue weighted by molar-refractivity contribution is -0.123. The lowest BCUT2D eigenvalue weighted by Crippen LogP contribution is -2.45. The summed E-state index contributed by atoms with van der Waals surface area (Å²) in [6.07, 6.45) is 71.6. The molecule has 0 fully saturated rings. The number of amides is 1. The molecule has 0 saturated heterocycles. The lowest BCUT2D eigenvalue weighted by atomic mass is 10.1. The summed E-state index contributed by atoms with van der Waals surface area (Å²) in [6, 6.07) is -0.661. The summed E-state index contributed by atoms with van der Waals surface area (Å²) < 4.78 is 0. The van der Waals surface area contributed by atoms with Gasteiger partial charge in [-0.1, -0.05) is 200 Å². The maximum absolute atomic E-state index is 12.4. The molecule has 4 nitrogen and oxygen atoms in total. The molecule has 2 atom stereocenters. The van der Waals surface area contributed by atoms with Crippen molar-refractivity contribution in [3.8, 4) is 0 Å². The third-order valence-corrected chi connectivity index (χ3v) is 9.43. The molecule has 0 aliphatic carbocycles. The number of carbonyl (C=O) groups is 1. The van der Waals surface area contributed by atoms with Crippen LogP contribution in [0.2, 0.25) is 0 Å². The van der Waals surface area contributed by atoms with E-state index in [1.54, 1.807) is 6.08 Å². The van der Waals surface area contributed by atoms with E-state index < -0.39 is 12.1 Å². The van der Waals surface area contributed by atoms with E-state index in [1.807, 2.05) is 6.08 Å². The molecule has 0 aromatic heterocycles. The van der Waals surface area contributed by atoms with E-state index in [-0.39, 0.29) is 12.5 Å². The highest BCUT2D eigenvalue weighted by molar-refractivity contribution is 5.76. The molecule has 0 heterocycles. The highest BCUT2D eigenvalue weighted by Crippen LogP contribution is 2.11. The van der Waals surface area contributed by atoms with Crippen molar-refractivity contribution < 1.29 is 15.0 Å². The summed E-state index contributed by atoms with van der Waals surface area (Å²) in [4.78, 5) is 12.4. The van der Waals surface area contributed by atoms with Crippen molar-refractivity contribution in [3.63, 3.8) is 0 Å². The van der Waals surface area contributed by atoms with Crippen LogP contribution < -0.4 is 5.32 Å². The van der Waals surface area contributed by atoms with Crippen LogP contribution >= 0.6 is 0 Å². The molecule has 56 heavy (non-hydrogen) atoms. The van der Waals surface area contributed by atoms with Gasteiger partial charge in [0.05, 0.1) is 18.8 Å². The summed E-state index contributed by atoms with van der Waals surface area (Å²) >= 11 is 0. The van der Waals surface area contributed by atoms with E-state index in [2.05, 4.69) is 129 Å². The molecule has 0 rings (SSSR count). The minimum Gasteiger partial charge on any atom is -0.394 e. The van der Waals surface area contributed by atoms with Crippen LogP contribution in [0, 0.1) is 0 Å². The monoisotopic (exact) mass is 772 g/mol. The van der Waals surface area contributed by atoms with Crippen molar-refractivity contribution in [2.24, 2.45) is 0 Å². The fourth-order valence-corrected chi connectivity index (χ4v) is 5.97. The molecule has 2 unspecified atom stereocenters. The molecule has 0 radical (unpaired) electrons. The van der Waals surface area contributed by atoms with Crippen molar-refractivity contribution in [1.29, 1.82) is 0 Å². The third kappa shape index (κ3) is 41.9. The number of nitrogens with one attached hydrogen (secondary N) is 1. The molecule has 3 N–H and O–H groups in total. The summed E-state index contributed by atoms with van der Waals surface area (Å²) in [7, 11) is 0. The van der Waals surface area contributed by atoms with Gasteiger partial charge in [0.25, 0.3) is 0 Å². The first kappa shape index (κ1) is 52.8. The van der Waals surface area contributed by atoms with Gasteiger partial charge in [-0.05, 0) is 96.3 Å². The first-order chi connectivity index (χ1) is 27.7. The third-order valence-electron chi connectivity index (χ3n) is 9.43. The van der Waals surface area contributed by atoms with Gasteiger partial charge in [0.2, 0.25) is 5.91 Å². The standard InChI is InChI=1S/C52H85NO3/c1-3-5-7-9-11-13-15-17-19-20-21-22-23-24-25-26-27-28-29-30-31-32-34-36-38-40-42-44-46-48-52(56)53-50(49-54)51(55)47-45-43-41-39-37-35-33-18-16-14-12-10-8-6-4-2/h5,7,11,13,17,19,21-22,24-25,27-28,30-31,34,36-37,39,45,47,50-51,54-55H,3-4,6,8-10,12,14-16,18,20,23,26,29,32-33,35,38,40-44,46,48-49H2,1-2H3,(H,53,56)/b7-5-,13-11-,19-17-,22-21-,25-24-,28-27-,31-30-,36-34-,39-37+,47-45+. The number of unbranched alkanes of at least 4 members (excludes halogenated alkanes) is 14. The molecule has 0 saturated carbocycles. The van der Waals surface area contributed by atoms with Crippen LogP contribution in [0.15, 0.2) is 122 Å². The highest BCUT2D eigenvalue weighted by Gasteiger charge is 2.17. The van der Waals surface area contributed by atoms with Crippen molar-refractivity contribution >= 4 is 5.91 Å². The molecule has 0 bridgehead atoms. The van der Waals surface area contributed by atoms with E-state index in [0.29, 0.717) is 6.42 Å². The Morgan fingerprint density at radius 3 is 1.25 bits per heavy atom. The first-order valence-electron chi connectivity index (χ1n) is 22.7. The molecular formula is C52H85NO3. The normalized spacial score (nSPS) is 14.1. The molecule has 1 amide bonds. The predicted molar refractivity (Wildman–Crippen MR) is 248 cm³/mol. The quantitative estimate of drug-likeness (QED) is 0.0430. The van der Waals surface area contributed by atoms with Crippen molar-refractivity contribution in [3.05, 3.63) is 122 Å². The topological polar surface area (TPSA) is 69.6 Å². The van der Waals surface area contributed by atoms with Crippen molar-refractivity contribution in [2.75, 3.05) is 6.61 Å². The second kappa shape index (κ2) is 46.2. The zero-order chi connectivity index (χ0) is 40.7. The van der Waals surface area contributed by atoms with Crippen molar-refractivity contribution in [2.45, 2.75) is 193 Å². The van der Waals surface area contributed by atoms with Gasteiger partial charge in [-0.2, -0.15) is 0 Å². The number of aliphatic hydroxyl groups is 2. The summed E-state index contributed by atoms with van der Waals surface area (Å²) in [5.41, 5.74) is 0. The van der Waals surface area contributed by atoms with Crippen LogP contribution in [0.25, 0.3) is 0 Å². The van der Waals surface area contributed by atoms with E-state index in [0.717, 1.165) is 103 Å². The summed E-state index contributed by atoms with van der Waals surface area (Å²) in [5.74, 6) is -0.105. The Morgan fingerprint density at radius 2 is 0.804 bits per heavy atom. The van der Waals surface area contributed by atoms with Gasteiger partial charge in [-0.25, -0.2) is 0 Å². The zero-order valence-electron chi connectivity index (χ0n) is 36.1. The second-order valence-electron chi connectivity index (χ2n) is 14.7. The molecule has 4 heteroatoms. The van der Waals surface area contributed by atoms with Gasteiger partial charge in [-0.15, -0.1) is 0 Å². The van der Waals surface area contributed by atoms with Gasteiger partial charge in [0.15, 0.2) is 0 Å². The van der Waals surface area contributed by atoms with Gasteiger partial charge >= 0.3 is 0 Å². The minimum atomic E-state index is -0.881. The molecule has 0 aliphatic heterocycles. The largest absolute Gasteiger partial charge is 0.394 e. The molecular weight excluding hydrogens is 687 g/mol. The molecule has 0 aliphatic rings. The minimum absolute atomic E-state index is 0.105. The Hall–Kier alpha value is -3.21. The first-order valence-corrected chi connectivity index (χ1v) is 22.7. The average molecular weight is 772 g/mol. The number of aliphatic hydroxyl groups excluding tert-OH is 2. The fraction of sp³-hybridized carbons (Fsp3) is 0.596. The fourth-order valence-electron chi connectivity index (χ4n) is 5.97. The van der Waals surface area contributed by atoms with Crippen LogP contribution in [-0.2, 0) is 4.79 Å². The van der Waals surface area contributed by atoms with E-state index >= 15 is 0 Å². The van der Waals surface area contributed by atoms with Crippen LogP contribution in [0.3, 0.4) is 0 Å². The van der Waals surface area contributed by atoms with E-state index in [9.17, 15) is 15.0 Å². The highest BCUT2D eigenvalue weighted by atomic mass is 16.3. The second-order valence-corrected chi connectivity index (χ2v) is 14.7. The number of allylic oxidation sites excluding steroid dienone is 19.